The summed E-state index contributed by atoms with van der Waals surface area (Å²) in [6, 6.07) is 4.89. The van der Waals surface area contributed by atoms with Crippen molar-refractivity contribution >= 4 is 22.9 Å². The van der Waals surface area contributed by atoms with Gasteiger partial charge in [0.1, 0.15) is 10.8 Å². The number of thiocarbonyl (C=S) groups is 1. The highest BCUT2D eigenvalue weighted by Crippen LogP contribution is 2.28. The third-order valence-electron chi connectivity index (χ3n) is 3.14. The van der Waals surface area contributed by atoms with Crippen LogP contribution < -0.4 is 10.6 Å². The summed E-state index contributed by atoms with van der Waals surface area (Å²) < 4.78 is 20.0. The van der Waals surface area contributed by atoms with E-state index in [9.17, 15) is 4.39 Å². The van der Waals surface area contributed by atoms with E-state index in [0.717, 1.165) is 0 Å². The fourth-order valence-corrected chi connectivity index (χ4v) is 2.68. The third kappa shape index (κ3) is 3.22. The maximum atomic E-state index is 14.2. The highest BCUT2D eigenvalue weighted by Gasteiger charge is 2.32. The smallest absolute Gasteiger partial charge is 0.147 e. The fourth-order valence-electron chi connectivity index (χ4n) is 2.55. The molecule has 1 unspecified atom stereocenters. The molecule has 19 heavy (non-hydrogen) atoms. The second kappa shape index (κ2) is 5.06. The molecule has 1 fully saturated rings. The van der Waals surface area contributed by atoms with Crippen molar-refractivity contribution in [2.45, 2.75) is 32.5 Å². The van der Waals surface area contributed by atoms with E-state index in [1.165, 1.54) is 6.07 Å². The highest BCUT2D eigenvalue weighted by atomic mass is 32.1. The van der Waals surface area contributed by atoms with E-state index in [1.54, 1.807) is 12.1 Å². The average molecular weight is 282 g/mol. The fraction of sp³-hybridized carbons (Fsp3) is 0.500. The Hall–Kier alpha value is -1.20. The van der Waals surface area contributed by atoms with Crippen LogP contribution in [-0.2, 0) is 4.74 Å². The summed E-state index contributed by atoms with van der Waals surface area (Å²) in [5.41, 5.74) is 6.35. The Morgan fingerprint density at radius 2 is 2.21 bits per heavy atom. The molecule has 1 aromatic carbocycles. The van der Waals surface area contributed by atoms with Gasteiger partial charge in [-0.15, -0.1) is 0 Å². The van der Waals surface area contributed by atoms with Gasteiger partial charge in [-0.05, 0) is 39.0 Å². The van der Waals surface area contributed by atoms with Gasteiger partial charge in [0, 0.05) is 18.7 Å². The van der Waals surface area contributed by atoms with Crippen molar-refractivity contribution in [3.63, 3.8) is 0 Å². The lowest BCUT2D eigenvalue weighted by Gasteiger charge is -2.43. The maximum Gasteiger partial charge on any atom is 0.147 e. The first-order valence-electron chi connectivity index (χ1n) is 6.30. The van der Waals surface area contributed by atoms with Crippen LogP contribution in [0, 0.1) is 5.82 Å². The van der Waals surface area contributed by atoms with E-state index in [0.29, 0.717) is 24.3 Å². The first-order chi connectivity index (χ1) is 8.78. The van der Waals surface area contributed by atoms with Crippen LogP contribution in [0.15, 0.2) is 18.2 Å². The lowest BCUT2D eigenvalue weighted by Crippen LogP contribution is -2.52. The molecule has 0 aromatic heterocycles. The van der Waals surface area contributed by atoms with E-state index < -0.39 is 0 Å². The molecule has 0 amide bonds. The highest BCUT2D eigenvalue weighted by molar-refractivity contribution is 7.80. The Kier molecular flexibility index (Phi) is 3.78. The molecule has 1 saturated heterocycles. The average Bonchev–Trinajstić information content (AvgIpc) is 2.25. The Bertz CT molecular complexity index is 504. The summed E-state index contributed by atoms with van der Waals surface area (Å²) in [5.74, 6) is -0.296. The summed E-state index contributed by atoms with van der Waals surface area (Å²) in [4.78, 5) is 2.22. The molecule has 3 nitrogen and oxygen atoms in total. The molecule has 0 radical (unpaired) electrons. The molecular formula is C14H19FN2OS. The number of nitrogens with zero attached hydrogens (tertiary/aromatic N) is 1. The van der Waals surface area contributed by atoms with Crippen LogP contribution in [0.1, 0.15) is 26.3 Å². The Morgan fingerprint density at radius 3 is 2.74 bits per heavy atom. The second-order valence-electron chi connectivity index (χ2n) is 5.60. The number of anilines is 1. The van der Waals surface area contributed by atoms with Crippen LogP contribution in [-0.4, -0.2) is 29.8 Å². The minimum atomic E-state index is -0.296. The van der Waals surface area contributed by atoms with E-state index in [-0.39, 0.29) is 22.5 Å². The van der Waals surface area contributed by atoms with Gasteiger partial charge in [-0.3, -0.25) is 0 Å². The van der Waals surface area contributed by atoms with Crippen LogP contribution in [0.5, 0.6) is 0 Å². The predicted octanol–water partition coefficient (Wildman–Crippen LogP) is 2.46. The number of halogens is 1. The lowest BCUT2D eigenvalue weighted by molar-refractivity contribution is -0.0751. The molecule has 104 valence electrons. The Morgan fingerprint density at radius 1 is 1.53 bits per heavy atom. The first kappa shape index (κ1) is 14.2. The van der Waals surface area contributed by atoms with Crippen molar-refractivity contribution in [2.24, 2.45) is 5.73 Å². The number of morpholine rings is 1. The molecule has 2 N–H and O–H groups in total. The minimum absolute atomic E-state index is 0.0680. The molecule has 1 aliphatic rings. The zero-order chi connectivity index (χ0) is 14.2. The minimum Gasteiger partial charge on any atom is -0.389 e. The summed E-state index contributed by atoms with van der Waals surface area (Å²) in [5, 5.41) is 0. The van der Waals surface area contributed by atoms with Crippen molar-refractivity contribution in [3.05, 3.63) is 29.6 Å². The lowest BCUT2D eigenvalue weighted by atomic mass is 10.0. The van der Waals surface area contributed by atoms with Crippen LogP contribution in [0.3, 0.4) is 0 Å². The van der Waals surface area contributed by atoms with Gasteiger partial charge in [0.05, 0.1) is 17.4 Å². The largest absolute Gasteiger partial charge is 0.389 e. The van der Waals surface area contributed by atoms with E-state index in [1.807, 2.05) is 25.7 Å². The van der Waals surface area contributed by atoms with Gasteiger partial charge in [0.25, 0.3) is 0 Å². The predicted molar refractivity (Wildman–Crippen MR) is 79.1 cm³/mol. The van der Waals surface area contributed by atoms with Crippen molar-refractivity contribution < 1.29 is 9.13 Å². The number of benzene rings is 1. The molecule has 1 aliphatic heterocycles. The van der Waals surface area contributed by atoms with Gasteiger partial charge in [0.2, 0.25) is 0 Å². The quantitative estimate of drug-likeness (QED) is 0.846. The van der Waals surface area contributed by atoms with Crippen molar-refractivity contribution in [3.8, 4) is 0 Å². The van der Waals surface area contributed by atoms with Crippen LogP contribution in [0.4, 0.5) is 10.1 Å². The molecule has 1 aromatic rings. The topological polar surface area (TPSA) is 38.5 Å². The molecular weight excluding hydrogens is 263 g/mol. The summed E-state index contributed by atoms with van der Waals surface area (Å²) in [6.07, 6.45) is 0.0680. The number of hydrogen-bond acceptors (Lipinski definition) is 3. The maximum absolute atomic E-state index is 14.2. The van der Waals surface area contributed by atoms with Gasteiger partial charge in [-0.25, -0.2) is 4.39 Å². The molecule has 5 heteroatoms. The Labute approximate surface area is 118 Å². The zero-order valence-electron chi connectivity index (χ0n) is 11.4. The molecule has 1 heterocycles. The molecule has 2 rings (SSSR count). The van der Waals surface area contributed by atoms with E-state index >= 15 is 0 Å². The molecule has 0 aliphatic carbocycles. The van der Waals surface area contributed by atoms with Gasteiger partial charge < -0.3 is 15.4 Å². The normalized spacial score (nSPS) is 22.3. The zero-order valence-corrected chi connectivity index (χ0v) is 12.3. The standard InChI is InChI=1S/C14H19FN2OS/c1-9-7-17(8-14(2,3)18-9)12-5-4-10(13(16)19)6-11(12)15/h4-6,9H,7-8H2,1-3H3,(H2,16,19). The van der Waals surface area contributed by atoms with E-state index in [4.69, 9.17) is 22.7 Å². The molecule has 0 spiro atoms. The van der Waals surface area contributed by atoms with Crippen molar-refractivity contribution in [2.75, 3.05) is 18.0 Å². The van der Waals surface area contributed by atoms with Gasteiger partial charge in [-0.2, -0.15) is 0 Å². The van der Waals surface area contributed by atoms with Gasteiger partial charge in [-0.1, -0.05) is 12.2 Å². The molecule has 1 atom stereocenters. The number of nitrogens with two attached hydrogens (primary N) is 1. The number of hydrogen-bond donors (Lipinski definition) is 1. The Balaban J connectivity index is 2.29. The van der Waals surface area contributed by atoms with Crippen molar-refractivity contribution in [1.29, 1.82) is 0 Å². The van der Waals surface area contributed by atoms with Crippen LogP contribution in [0.25, 0.3) is 0 Å². The third-order valence-corrected chi connectivity index (χ3v) is 3.38. The summed E-state index contributed by atoms with van der Waals surface area (Å²) in [7, 11) is 0. The second-order valence-corrected chi connectivity index (χ2v) is 6.04. The summed E-state index contributed by atoms with van der Waals surface area (Å²) >= 11 is 4.85. The number of rotatable bonds is 2. The SMILES string of the molecule is CC1CN(c2ccc(C(N)=S)cc2F)CC(C)(C)O1. The van der Waals surface area contributed by atoms with Gasteiger partial charge in [0.15, 0.2) is 0 Å². The van der Waals surface area contributed by atoms with Crippen molar-refractivity contribution in [1.82, 2.24) is 0 Å². The molecule has 0 saturated carbocycles. The first-order valence-corrected chi connectivity index (χ1v) is 6.71. The number of ether oxygens (including phenoxy) is 1. The van der Waals surface area contributed by atoms with Crippen LogP contribution >= 0.6 is 12.2 Å². The monoisotopic (exact) mass is 282 g/mol. The van der Waals surface area contributed by atoms with Gasteiger partial charge >= 0.3 is 0 Å². The molecule has 0 bridgehead atoms. The van der Waals surface area contributed by atoms with Crippen LogP contribution in [0.2, 0.25) is 0 Å². The summed E-state index contributed by atoms with van der Waals surface area (Å²) in [6.45, 7) is 7.34. The van der Waals surface area contributed by atoms with E-state index in [2.05, 4.69) is 0 Å².